The second-order valence-electron chi connectivity index (χ2n) is 8.39. The molecule has 38 heavy (non-hydrogen) atoms. The molecule has 0 atom stereocenters. The molecule has 1 aliphatic rings. The van der Waals surface area contributed by atoms with Gasteiger partial charge in [-0.2, -0.15) is 10.5 Å². The number of anilines is 2. The van der Waals surface area contributed by atoms with Crippen LogP contribution in [0.1, 0.15) is 34.4 Å². The number of nitrogens with zero attached hydrogens (tertiary/aromatic N) is 2. The van der Waals surface area contributed by atoms with Crippen LogP contribution in [0.25, 0.3) is 6.08 Å². The fraction of sp³-hybridized carbons (Fsp3) is 0.214. The zero-order valence-corrected chi connectivity index (χ0v) is 23.4. The number of ether oxygens (including phenoxy) is 2. The minimum Gasteiger partial charge on any atom is -0.493 e. The summed E-state index contributed by atoms with van der Waals surface area (Å²) in [4.78, 5) is 26.4. The number of para-hydroxylation sites is 1. The molecule has 10 heteroatoms. The predicted molar refractivity (Wildman–Crippen MR) is 154 cm³/mol. The zero-order valence-electron chi connectivity index (χ0n) is 20.5. The zero-order chi connectivity index (χ0) is 27.1. The van der Waals surface area contributed by atoms with Gasteiger partial charge in [-0.25, -0.2) is 0 Å². The fourth-order valence-electron chi connectivity index (χ4n) is 4.08. The van der Waals surface area contributed by atoms with E-state index in [1.807, 2.05) is 46.9 Å². The van der Waals surface area contributed by atoms with Crippen LogP contribution in [0.3, 0.4) is 0 Å². The average Bonchev–Trinajstić information content (AvgIpc) is 3.28. The number of carbonyl (C=O) groups is 2. The molecule has 0 radical (unpaired) electrons. The number of amides is 2. The minimum atomic E-state index is -0.588. The summed E-state index contributed by atoms with van der Waals surface area (Å²) in [6.45, 7) is -0.228. The smallest absolute Gasteiger partial charge is 0.266 e. The van der Waals surface area contributed by atoms with E-state index >= 15 is 0 Å². The highest BCUT2D eigenvalue weighted by molar-refractivity contribution is 14.1. The SMILES string of the molecule is COc1cc(/C=C(\C#N)C(=O)Nc2sc3c(c2C#N)CCCC3)cc(I)c1OCC(=O)Nc1ccccc1. The van der Waals surface area contributed by atoms with Gasteiger partial charge in [0, 0.05) is 10.6 Å². The first-order chi connectivity index (χ1) is 18.4. The Morgan fingerprint density at radius 1 is 1.13 bits per heavy atom. The van der Waals surface area contributed by atoms with E-state index in [1.54, 1.807) is 24.3 Å². The number of fused-ring (bicyclic) bond motifs is 1. The second-order valence-corrected chi connectivity index (χ2v) is 10.7. The molecule has 3 aromatic rings. The van der Waals surface area contributed by atoms with Gasteiger partial charge in [-0.05, 0) is 89.7 Å². The average molecular weight is 638 g/mol. The summed E-state index contributed by atoms with van der Waals surface area (Å²) in [6.07, 6.45) is 5.25. The third-order valence-electron chi connectivity index (χ3n) is 5.84. The molecule has 2 amide bonds. The van der Waals surface area contributed by atoms with Crippen LogP contribution in [0.15, 0.2) is 48.0 Å². The van der Waals surface area contributed by atoms with Crippen molar-refractivity contribution in [3.63, 3.8) is 0 Å². The van der Waals surface area contributed by atoms with Gasteiger partial charge in [-0.1, -0.05) is 18.2 Å². The Morgan fingerprint density at radius 3 is 2.61 bits per heavy atom. The maximum absolute atomic E-state index is 13.0. The van der Waals surface area contributed by atoms with Gasteiger partial charge in [0.2, 0.25) is 0 Å². The highest BCUT2D eigenvalue weighted by atomic mass is 127. The van der Waals surface area contributed by atoms with Crippen LogP contribution in [-0.2, 0) is 22.4 Å². The third-order valence-corrected chi connectivity index (χ3v) is 7.85. The Bertz CT molecular complexity index is 1490. The molecule has 0 bridgehead atoms. The van der Waals surface area contributed by atoms with Gasteiger partial charge in [0.25, 0.3) is 11.8 Å². The molecule has 192 valence electrons. The molecule has 0 saturated carbocycles. The Hall–Kier alpha value is -3.87. The molecule has 0 unspecified atom stereocenters. The number of nitriles is 2. The molecular weight excluding hydrogens is 615 g/mol. The van der Waals surface area contributed by atoms with Gasteiger partial charge in [0.15, 0.2) is 18.1 Å². The third kappa shape index (κ3) is 6.33. The number of hydrogen-bond acceptors (Lipinski definition) is 7. The van der Waals surface area contributed by atoms with Crippen LogP contribution in [0, 0.1) is 26.2 Å². The first kappa shape index (κ1) is 27.2. The maximum Gasteiger partial charge on any atom is 0.266 e. The van der Waals surface area contributed by atoms with E-state index in [0.29, 0.717) is 36.9 Å². The van der Waals surface area contributed by atoms with Crippen molar-refractivity contribution in [1.29, 1.82) is 10.5 Å². The Morgan fingerprint density at radius 2 is 1.89 bits per heavy atom. The topological polar surface area (TPSA) is 124 Å². The molecule has 1 aromatic heterocycles. The summed E-state index contributed by atoms with van der Waals surface area (Å²) in [5, 5.41) is 25.3. The van der Waals surface area contributed by atoms with Crippen LogP contribution >= 0.6 is 33.9 Å². The van der Waals surface area contributed by atoms with E-state index in [0.717, 1.165) is 36.1 Å². The maximum atomic E-state index is 13.0. The second kappa shape index (κ2) is 12.6. The monoisotopic (exact) mass is 638 g/mol. The predicted octanol–water partition coefficient (Wildman–Crippen LogP) is 5.67. The number of methoxy groups -OCH3 is 1. The summed E-state index contributed by atoms with van der Waals surface area (Å²) in [5.74, 6) is -0.187. The first-order valence-corrected chi connectivity index (χ1v) is 13.7. The van der Waals surface area contributed by atoms with Crippen LogP contribution in [0.5, 0.6) is 11.5 Å². The molecule has 2 aromatic carbocycles. The minimum absolute atomic E-state index is 0.117. The van der Waals surface area contributed by atoms with Gasteiger partial charge in [-0.15, -0.1) is 11.3 Å². The lowest BCUT2D eigenvalue weighted by Gasteiger charge is -2.14. The van der Waals surface area contributed by atoms with E-state index in [1.165, 1.54) is 24.5 Å². The molecule has 8 nitrogen and oxygen atoms in total. The van der Waals surface area contributed by atoms with E-state index in [9.17, 15) is 20.1 Å². The van der Waals surface area contributed by atoms with E-state index in [4.69, 9.17) is 9.47 Å². The van der Waals surface area contributed by atoms with Crippen molar-refractivity contribution < 1.29 is 19.1 Å². The van der Waals surface area contributed by atoms with E-state index in [-0.39, 0.29) is 18.1 Å². The van der Waals surface area contributed by atoms with Crippen molar-refractivity contribution >= 4 is 62.5 Å². The largest absolute Gasteiger partial charge is 0.493 e. The summed E-state index contributed by atoms with van der Waals surface area (Å²) in [6, 6.07) is 16.6. The number of thiophene rings is 1. The number of aryl methyl sites for hydroxylation is 1. The van der Waals surface area contributed by atoms with Crippen molar-refractivity contribution in [2.24, 2.45) is 0 Å². The molecule has 1 heterocycles. The van der Waals surface area contributed by atoms with Gasteiger partial charge in [-0.3, -0.25) is 9.59 Å². The highest BCUT2D eigenvalue weighted by Crippen LogP contribution is 2.38. The molecule has 0 saturated heterocycles. The van der Waals surface area contributed by atoms with Crippen molar-refractivity contribution in [2.45, 2.75) is 25.7 Å². The van der Waals surface area contributed by atoms with E-state index < -0.39 is 5.91 Å². The molecule has 0 fully saturated rings. The Kier molecular flexibility index (Phi) is 9.00. The number of nitrogens with one attached hydrogen (secondary N) is 2. The van der Waals surface area contributed by atoms with Gasteiger partial charge in [0.1, 0.15) is 22.7 Å². The number of benzene rings is 2. The van der Waals surface area contributed by atoms with Crippen LogP contribution in [0.4, 0.5) is 10.7 Å². The molecule has 4 rings (SSSR count). The van der Waals surface area contributed by atoms with Crippen molar-refractivity contribution in [1.82, 2.24) is 0 Å². The Labute approximate surface area is 238 Å². The number of halogens is 1. The summed E-state index contributed by atoms with van der Waals surface area (Å²) in [5.41, 5.74) is 2.59. The lowest BCUT2D eigenvalue weighted by molar-refractivity contribution is -0.118. The molecule has 0 aliphatic heterocycles. The quantitative estimate of drug-likeness (QED) is 0.186. The van der Waals surface area contributed by atoms with Crippen molar-refractivity contribution in [3.05, 3.63) is 73.2 Å². The fourth-order valence-corrected chi connectivity index (χ4v) is 6.09. The van der Waals surface area contributed by atoms with Gasteiger partial charge in [0.05, 0.1) is 16.2 Å². The van der Waals surface area contributed by atoms with Crippen LogP contribution < -0.4 is 20.1 Å². The lowest BCUT2D eigenvalue weighted by atomic mass is 9.96. The summed E-state index contributed by atoms with van der Waals surface area (Å²) >= 11 is 3.45. The van der Waals surface area contributed by atoms with Gasteiger partial charge >= 0.3 is 0 Å². The molecule has 2 N–H and O–H groups in total. The molecular formula is C28H23IN4O4S. The van der Waals surface area contributed by atoms with Crippen LogP contribution in [-0.4, -0.2) is 25.5 Å². The normalized spacial score (nSPS) is 12.5. The number of rotatable bonds is 8. The number of carbonyl (C=O) groups excluding carboxylic acids is 2. The molecule has 1 aliphatic carbocycles. The van der Waals surface area contributed by atoms with Crippen molar-refractivity contribution in [3.8, 4) is 23.6 Å². The standard InChI is InChI=1S/C28H23IN4O4S/c1-36-23-13-17(12-22(29)26(23)37-16-25(34)32-19-7-3-2-4-8-19)11-18(14-30)27(35)33-28-21(15-31)20-9-5-6-10-24(20)38-28/h2-4,7-8,11-13H,5-6,9-10,16H2,1H3,(H,32,34)(H,33,35)/b18-11+. The number of hydrogen-bond donors (Lipinski definition) is 2. The van der Waals surface area contributed by atoms with Crippen molar-refractivity contribution in [2.75, 3.05) is 24.4 Å². The molecule has 0 spiro atoms. The Balaban J connectivity index is 1.50. The first-order valence-electron chi connectivity index (χ1n) is 11.8. The lowest BCUT2D eigenvalue weighted by Crippen LogP contribution is -2.20. The summed E-state index contributed by atoms with van der Waals surface area (Å²) in [7, 11) is 1.47. The summed E-state index contributed by atoms with van der Waals surface area (Å²) < 4.78 is 11.8. The highest BCUT2D eigenvalue weighted by Gasteiger charge is 2.23. The van der Waals surface area contributed by atoms with Crippen LogP contribution in [0.2, 0.25) is 0 Å². The van der Waals surface area contributed by atoms with E-state index in [2.05, 4.69) is 16.7 Å². The van der Waals surface area contributed by atoms with Gasteiger partial charge < -0.3 is 20.1 Å².